The number of aliphatic carboxylic acids is 1. The minimum absolute atomic E-state index is 0. The van der Waals surface area contributed by atoms with Crippen molar-refractivity contribution in [3.8, 4) is 16.9 Å². The summed E-state index contributed by atoms with van der Waals surface area (Å²) in [4.78, 5) is 12.9. The first-order valence-corrected chi connectivity index (χ1v) is 11.1. The molecule has 36 heavy (non-hydrogen) atoms. The lowest BCUT2D eigenvalue weighted by atomic mass is 9.85. The lowest BCUT2D eigenvalue weighted by Crippen LogP contribution is -2.31. The van der Waals surface area contributed by atoms with Gasteiger partial charge in [0.15, 0.2) is 11.6 Å². The van der Waals surface area contributed by atoms with Crippen LogP contribution in [-0.4, -0.2) is 30.8 Å². The fourth-order valence-electron chi connectivity index (χ4n) is 4.44. The van der Waals surface area contributed by atoms with Gasteiger partial charge in [-0.3, -0.25) is 4.79 Å². The highest BCUT2D eigenvalue weighted by molar-refractivity contribution is 5.85. The predicted molar refractivity (Wildman–Crippen MR) is 133 cm³/mol. The summed E-state index contributed by atoms with van der Waals surface area (Å²) >= 11 is 0. The molecule has 4 rings (SSSR count). The zero-order chi connectivity index (χ0) is 25.4. The van der Waals surface area contributed by atoms with Crippen molar-refractivity contribution in [2.75, 3.05) is 24.6 Å². The van der Waals surface area contributed by atoms with Gasteiger partial charge in [-0.15, -0.1) is 12.4 Å². The van der Waals surface area contributed by atoms with Crippen LogP contribution in [0.3, 0.4) is 0 Å². The van der Waals surface area contributed by atoms with Crippen LogP contribution in [0, 0.1) is 5.82 Å². The summed E-state index contributed by atoms with van der Waals surface area (Å²) in [6, 6.07) is 15.1. The zero-order valence-corrected chi connectivity index (χ0v) is 20.5. The van der Waals surface area contributed by atoms with Gasteiger partial charge in [-0.25, -0.2) is 4.39 Å². The normalized spacial score (nSPS) is 14.2. The van der Waals surface area contributed by atoms with E-state index < -0.39 is 23.5 Å². The second kappa shape index (κ2) is 10.4. The van der Waals surface area contributed by atoms with Crippen LogP contribution in [-0.2, 0) is 22.8 Å². The molecule has 9 heteroatoms. The molecule has 0 bridgehead atoms. The van der Waals surface area contributed by atoms with Gasteiger partial charge < -0.3 is 14.7 Å². The monoisotopic (exact) mass is 523 g/mol. The van der Waals surface area contributed by atoms with Gasteiger partial charge in [-0.1, -0.05) is 38.1 Å². The molecule has 3 aromatic rings. The zero-order valence-electron chi connectivity index (χ0n) is 19.7. The molecule has 1 aliphatic rings. The van der Waals surface area contributed by atoms with E-state index in [0.29, 0.717) is 24.2 Å². The third-order valence-electron chi connectivity index (χ3n) is 6.17. The number of carboxylic acid groups (broad SMARTS) is 1. The van der Waals surface area contributed by atoms with Crippen molar-refractivity contribution in [3.05, 3.63) is 83.2 Å². The van der Waals surface area contributed by atoms with Gasteiger partial charge in [-0.2, -0.15) is 13.2 Å². The van der Waals surface area contributed by atoms with E-state index in [9.17, 15) is 22.4 Å². The molecule has 0 saturated carbocycles. The standard InChI is InChI=1S/C27H25F4NO3.ClH/c1-26(2)16-32(11-12-35-24-10-3-17(13-22(24)28)14-25(33)34)23-9-6-19(15-21(23)26)18-4-7-20(8-5-18)27(29,30)31;/h3-10,13,15H,11-12,14,16H2,1-2H3,(H,33,34);1H. The Hall–Kier alpha value is -3.26. The molecule has 0 aliphatic carbocycles. The van der Waals surface area contributed by atoms with Crippen LogP contribution in [0.4, 0.5) is 23.2 Å². The topological polar surface area (TPSA) is 49.8 Å². The Balaban J connectivity index is 0.00000361. The molecule has 0 amide bonds. The van der Waals surface area contributed by atoms with Crippen LogP contribution < -0.4 is 9.64 Å². The number of carboxylic acids is 1. The fourth-order valence-corrected chi connectivity index (χ4v) is 4.44. The van der Waals surface area contributed by atoms with Gasteiger partial charge in [0.1, 0.15) is 6.61 Å². The van der Waals surface area contributed by atoms with Crippen molar-refractivity contribution in [3.63, 3.8) is 0 Å². The fraction of sp³-hybridized carbons (Fsp3) is 0.296. The Morgan fingerprint density at radius 3 is 2.31 bits per heavy atom. The minimum Gasteiger partial charge on any atom is -0.489 e. The van der Waals surface area contributed by atoms with Crippen LogP contribution in [0.15, 0.2) is 60.7 Å². The number of ether oxygens (including phenoxy) is 1. The summed E-state index contributed by atoms with van der Waals surface area (Å²) < 4.78 is 58.5. The molecule has 0 atom stereocenters. The molecule has 1 heterocycles. The van der Waals surface area contributed by atoms with E-state index in [1.165, 1.54) is 30.3 Å². The number of rotatable bonds is 7. The van der Waals surface area contributed by atoms with Crippen LogP contribution in [0.2, 0.25) is 0 Å². The number of hydrogen-bond acceptors (Lipinski definition) is 3. The molecule has 0 saturated heterocycles. The average molecular weight is 524 g/mol. The first-order valence-electron chi connectivity index (χ1n) is 11.1. The second-order valence-corrected chi connectivity index (χ2v) is 9.30. The number of nitrogens with zero attached hydrogens (tertiary/aromatic N) is 1. The number of alkyl halides is 3. The Bertz CT molecular complexity index is 1240. The molecule has 0 spiro atoms. The van der Waals surface area contributed by atoms with E-state index in [2.05, 4.69) is 18.7 Å². The van der Waals surface area contributed by atoms with E-state index >= 15 is 0 Å². The van der Waals surface area contributed by atoms with Crippen molar-refractivity contribution in [2.24, 2.45) is 0 Å². The molecule has 1 aliphatic heterocycles. The smallest absolute Gasteiger partial charge is 0.416 e. The molecule has 1 N–H and O–H groups in total. The van der Waals surface area contributed by atoms with Gasteiger partial charge in [0.05, 0.1) is 18.5 Å². The lowest BCUT2D eigenvalue weighted by molar-refractivity contribution is -0.138. The lowest BCUT2D eigenvalue weighted by Gasteiger charge is -2.22. The van der Waals surface area contributed by atoms with Crippen LogP contribution in [0.1, 0.15) is 30.5 Å². The van der Waals surface area contributed by atoms with Crippen molar-refractivity contribution in [2.45, 2.75) is 31.9 Å². The Morgan fingerprint density at radius 2 is 1.69 bits per heavy atom. The molecule has 0 aromatic heterocycles. The van der Waals surface area contributed by atoms with E-state index in [0.717, 1.165) is 28.9 Å². The minimum atomic E-state index is -4.37. The molecule has 4 nitrogen and oxygen atoms in total. The third kappa shape index (κ3) is 5.93. The van der Waals surface area contributed by atoms with Crippen LogP contribution in [0.25, 0.3) is 11.1 Å². The summed E-state index contributed by atoms with van der Waals surface area (Å²) in [5, 5.41) is 8.83. The predicted octanol–water partition coefficient (Wildman–Crippen LogP) is 6.74. The number of anilines is 1. The van der Waals surface area contributed by atoms with Crippen molar-refractivity contribution in [1.29, 1.82) is 0 Å². The van der Waals surface area contributed by atoms with Gasteiger partial charge in [0, 0.05) is 17.6 Å². The molecule has 0 unspecified atom stereocenters. The average Bonchev–Trinajstić information content (AvgIpc) is 3.04. The van der Waals surface area contributed by atoms with Crippen molar-refractivity contribution in [1.82, 2.24) is 0 Å². The maximum absolute atomic E-state index is 14.3. The first kappa shape index (κ1) is 27.3. The van der Waals surface area contributed by atoms with Crippen molar-refractivity contribution < 1.29 is 32.2 Å². The van der Waals surface area contributed by atoms with E-state index in [1.807, 2.05) is 18.2 Å². The van der Waals surface area contributed by atoms with Gasteiger partial charge >= 0.3 is 12.1 Å². The Morgan fingerprint density at radius 1 is 1.03 bits per heavy atom. The summed E-state index contributed by atoms with van der Waals surface area (Å²) in [7, 11) is 0. The molecular weight excluding hydrogens is 498 g/mol. The molecule has 192 valence electrons. The summed E-state index contributed by atoms with van der Waals surface area (Å²) in [6.07, 6.45) is -4.63. The molecule has 0 radical (unpaired) electrons. The van der Waals surface area contributed by atoms with E-state index in [-0.39, 0.29) is 36.6 Å². The van der Waals surface area contributed by atoms with Gasteiger partial charge in [-0.05, 0) is 58.7 Å². The largest absolute Gasteiger partial charge is 0.489 e. The first-order chi connectivity index (χ1) is 16.4. The maximum atomic E-state index is 14.3. The summed E-state index contributed by atoms with van der Waals surface area (Å²) in [6.45, 7) is 5.65. The third-order valence-corrected chi connectivity index (χ3v) is 6.17. The highest BCUT2D eigenvalue weighted by Gasteiger charge is 2.35. The maximum Gasteiger partial charge on any atom is 0.416 e. The van der Waals surface area contributed by atoms with Gasteiger partial charge in [0.2, 0.25) is 0 Å². The second-order valence-electron chi connectivity index (χ2n) is 9.30. The molecule has 0 fully saturated rings. The number of carbonyl (C=O) groups is 1. The number of benzene rings is 3. The molecular formula is C27H26ClF4NO3. The quantitative estimate of drug-likeness (QED) is 0.349. The van der Waals surface area contributed by atoms with E-state index in [4.69, 9.17) is 9.84 Å². The Kier molecular flexibility index (Phi) is 7.88. The van der Waals surface area contributed by atoms with Gasteiger partial charge in [0.25, 0.3) is 0 Å². The number of fused-ring (bicyclic) bond motifs is 1. The van der Waals surface area contributed by atoms with Crippen LogP contribution in [0.5, 0.6) is 5.75 Å². The molecule has 3 aromatic carbocycles. The Labute approximate surface area is 212 Å². The van der Waals surface area contributed by atoms with E-state index in [1.54, 1.807) is 0 Å². The number of halogens is 5. The highest BCUT2D eigenvalue weighted by Crippen LogP contribution is 2.42. The summed E-state index contributed by atoms with van der Waals surface area (Å²) in [5.41, 5.74) is 3.13. The summed E-state index contributed by atoms with van der Waals surface area (Å²) in [5.74, 6) is -1.57. The highest BCUT2D eigenvalue weighted by atomic mass is 35.5. The van der Waals surface area contributed by atoms with Crippen molar-refractivity contribution >= 4 is 24.1 Å². The van der Waals surface area contributed by atoms with Crippen LogP contribution >= 0.6 is 12.4 Å². The number of hydrogen-bond donors (Lipinski definition) is 1. The SMILES string of the molecule is CC1(C)CN(CCOc2ccc(CC(=O)O)cc2F)c2ccc(-c3ccc(C(F)(F)F)cc3)cc21.Cl.